The fourth-order valence-corrected chi connectivity index (χ4v) is 3.13. The van der Waals surface area contributed by atoms with Gasteiger partial charge in [-0.05, 0) is 42.7 Å². The zero-order valence-corrected chi connectivity index (χ0v) is 14.7. The number of likely N-dealkylation sites (tertiary alicyclic amines) is 1. The zero-order valence-electron chi connectivity index (χ0n) is 14.7. The van der Waals surface area contributed by atoms with Gasteiger partial charge < -0.3 is 24.5 Å². The molecule has 1 saturated heterocycles. The van der Waals surface area contributed by atoms with Crippen molar-refractivity contribution in [3.63, 3.8) is 0 Å². The minimum Gasteiger partial charge on any atom is -0.486 e. The molecule has 0 bridgehead atoms. The van der Waals surface area contributed by atoms with Gasteiger partial charge in [-0.15, -0.1) is 0 Å². The molecule has 8 nitrogen and oxygen atoms in total. The van der Waals surface area contributed by atoms with Gasteiger partial charge in [-0.2, -0.15) is 4.98 Å². The van der Waals surface area contributed by atoms with E-state index in [0.29, 0.717) is 42.6 Å². The van der Waals surface area contributed by atoms with Crippen LogP contribution in [0.1, 0.15) is 18.4 Å². The van der Waals surface area contributed by atoms with Crippen LogP contribution in [0.3, 0.4) is 0 Å². The quantitative estimate of drug-likeness (QED) is 0.712. The SMILES string of the molecule is O=C(O)N1CCC(Nc2nc3c(OCc4ccncc4)cccc3o2)CC1. The number of piperidine rings is 1. The number of pyridine rings is 1. The van der Waals surface area contributed by atoms with Crippen molar-refractivity contribution in [3.8, 4) is 5.75 Å². The van der Waals surface area contributed by atoms with Crippen molar-refractivity contribution < 1.29 is 19.1 Å². The Morgan fingerprint density at radius 2 is 2.04 bits per heavy atom. The zero-order chi connectivity index (χ0) is 18.6. The van der Waals surface area contributed by atoms with E-state index < -0.39 is 6.09 Å². The van der Waals surface area contributed by atoms with Crippen molar-refractivity contribution in [1.82, 2.24) is 14.9 Å². The highest BCUT2D eigenvalue weighted by Gasteiger charge is 2.23. The molecule has 1 aliphatic heterocycles. The molecular formula is C19H20N4O4. The van der Waals surface area contributed by atoms with Crippen LogP contribution in [0, 0.1) is 0 Å². The molecule has 1 fully saturated rings. The molecule has 140 valence electrons. The molecule has 3 aromatic rings. The van der Waals surface area contributed by atoms with E-state index in [-0.39, 0.29) is 6.04 Å². The highest BCUT2D eigenvalue weighted by molar-refractivity contribution is 5.81. The number of benzene rings is 1. The fraction of sp³-hybridized carbons (Fsp3) is 0.316. The van der Waals surface area contributed by atoms with Gasteiger partial charge in [0.1, 0.15) is 12.4 Å². The summed E-state index contributed by atoms with van der Waals surface area (Å²) in [7, 11) is 0. The summed E-state index contributed by atoms with van der Waals surface area (Å²) in [6, 6.07) is 9.94. The summed E-state index contributed by atoms with van der Waals surface area (Å²) in [4.78, 5) is 20.9. The first-order chi connectivity index (χ1) is 13.2. The summed E-state index contributed by atoms with van der Waals surface area (Å²) in [6.07, 6.45) is 4.03. The largest absolute Gasteiger partial charge is 0.486 e. The molecule has 8 heteroatoms. The van der Waals surface area contributed by atoms with Gasteiger partial charge in [0.05, 0.1) is 0 Å². The summed E-state index contributed by atoms with van der Waals surface area (Å²) >= 11 is 0. The molecular weight excluding hydrogens is 348 g/mol. The van der Waals surface area contributed by atoms with Gasteiger partial charge in [-0.3, -0.25) is 4.98 Å². The van der Waals surface area contributed by atoms with E-state index in [1.54, 1.807) is 12.4 Å². The van der Waals surface area contributed by atoms with Crippen molar-refractivity contribution in [2.75, 3.05) is 18.4 Å². The predicted octanol–water partition coefficient (Wildman–Crippen LogP) is 3.36. The number of aromatic nitrogens is 2. The first-order valence-corrected chi connectivity index (χ1v) is 8.85. The second-order valence-corrected chi connectivity index (χ2v) is 6.45. The predicted molar refractivity (Wildman–Crippen MR) is 98.8 cm³/mol. The second kappa shape index (κ2) is 7.53. The highest BCUT2D eigenvalue weighted by Crippen LogP contribution is 2.29. The van der Waals surface area contributed by atoms with Crippen LogP contribution in [0.25, 0.3) is 11.1 Å². The molecule has 4 rings (SSSR count). The molecule has 3 heterocycles. The standard InChI is InChI=1S/C19H20N4O4/c24-19(25)23-10-6-14(7-11-23)21-18-22-17-15(2-1-3-16(17)27-18)26-12-13-4-8-20-9-5-13/h1-5,8-9,14H,6-7,10-12H2,(H,21,22)(H,24,25). The smallest absolute Gasteiger partial charge is 0.407 e. The number of carboxylic acid groups (broad SMARTS) is 1. The van der Waals surface area contributed by atoms with E-state index in [2.05, 4.69) is 15.3 Å². The number of rotatable bonds is 5. The Bertz CT molecular complexity index is 920. The van der Waals surface area contributed by atoms with Crippen LogP contribution in [0.5, 0.6) is 5.75 Å². The van der Waals surface area contributed by atoms with Gasteiger partial charge in [0.2, 0.25) is 0 Å². The number of hydrogen-bond acceptors (Lipinski definition) is 6. The number of nitrogens with one attached hydrogen (secondary N) is 1. The summed E-state index contributed by atoms with van der Waals surface area (Å²) in [5, 5.41) is 12.3. The second-order valence-electron chi connectivity index (χ2n) is 6.45. The van der Waals surface area contributed by atoms with E-state index in [1.807, 2.05) is 30.3 Å². The molecule has 0 spiro atoms. The van der Waals surface area contributed by atoms with E-state index in [1.165, 1.54) is 4.90 Å². The van der Waals surface area contributed by atoms with Crippen LogP contribution in [-0.4, -0.2) is 45.2 Å². The number of nitrogens with zero attached hydrogens (tertiary/aromatic N) is 3. The maximum atomic E-state index is 11.0. The number of anilines is 1. The van der Waals surface area contributed by atoms with E-state index >= 15 is 0 Å². The lowest BCUT2D eigenvalue weighted by Gasteiger charge is -2.29. The Morgan fingerprint density at radius 3 is 2.78 bits per heavy atom. The molecule has 1 aliphatic rings. The van der Waals surface area contributed by atoms with Crippen molar-refractivity contribution in [1.29, 1.82) is 0 Å². The molecule has 0 atom stereocenters. The van der Waals surface area contributed by atoms with Crippen LogP contribution in [0.4, 0.5) is 10.8 Å². The summed E-state index contributed by atoms with van der Waals surface area (Å²) < 4.78 is 11.7. The van der Waals surface area contributed by atoms with Gasteiger partial charge >= 0.3 is 6.09 Å². The summed E-state index contributed by atoms with van der Waals surface area (Å²) in [6.45, 7) is 1.44. The van der Waals surface area contributed by atoms with Crippen molar-refractivity contribution in [2.45, 2.75) is 25.5 Å². The Balaban J connectivity index is 1.44. The van der Waals surface area contributed by atoms with Crippen molar-refractivity contribution in [3.05, 3.63) is 48.3 Å². The normalized spacial score (nSPS) is 15.0. The Hall–Kier alpha value is -3.29. The highest BCUT2D eigenvalue weighted by atomic mass is 16.5. The Labute approximate surface area is 155 Å². The maximum Gasteiger partial charge on any atom is 0.407 e. The minimum absolute atomic E-state index is 0.134. The minimum atomic E-state index is -0.869. The number of hydrogen-bond donors (Lipinski definition) is 2. The van der Waals surface area contributed by atoms with Gasteiger partial charge in [-0.25, -0.2) is 4.79 Å². The van der Waals surface area contributed by atoms with Crippen LogP contribution in [-0.2, 0) is 6.61 Å². The van der Waals surface area contributed by atoms with Gasteiger partial charge in [-0.1, -0.05) is 6.07 Å². The molecule has 27 heavy (non-hydrogen) atoms. The molecule has 1 amide bonds. The topological polar surface area (TPSA) is 101 Å². The van der Waals surface area contributed by atoms with Crippen LogP contribution in [0.15, 0.2) is 47.1 Å². The van der Waals surface area contributed by atoms with Gasteiger partial charge in [0.15, 0.2) is 11.1 Å². The monoisotopic (exact) mass is 368 g/mol. The number of ether oxygens (including phenoxy) is 1. The summed E-state index contributed by atoms with van der Waals surface area (Å²) in [5.74, 6) is 0.654. The van der Waals surface area contributed by atoms with Crippen LogP contribution < -0.4 is 10.1 Å². The first-order valence-electron chi connectivity index (χ1n) is 8.85. The third-order valence-electron chi connectivity index (χ3n) is 4.62. The maximum absolute atomic E-state index is 11.0. The third-order valence-corrected chi connectivity index (χ3v) is 4.62. The lowest BCUT2D eigenvalue weighted by molar-refractivity contribution is 0.133. The van der Waals surface area contributed by atoms with E-state index in [9.17, 15) is 4.79 Å². The van der Waals surface area contributed by atoms with Crippen molar-refractivity contribution >= 4 is 23.2 Å². The van der Waals surface area contributed by atoms with Crippen LogP contribution >= 0.6 is 0 Å². The Kier molecular flexibility index (Phi) is 4.78. The number of para-hydroxylation sites is 1. The average molecular weight is 368 g/mol. The molecule has 1 aromatic carbocycles. The lowest BCUT2D eigenvalue weighted by Crippen LogP contribution is -2.41. The fourth-order valence-electron chi connectivity index (χ4n) is 3.13. The molecule has 2 N–H and O–H groups in total. The first kappa shape index (κ1) is 17.1. The Morgan fingerprint density at radius 1 is 1.26 bits per heavy atom. The number of oxazole rings is 1. The average Bonchev–Trinajstić information content (AvgIpc) is 3.10. The number of carbonyl (C=O) groups is 1. The molecule has 2 aromatic heterocycles. The molecule has 0 radical (unpaired) electrons. The molecule has 0 aliphatic carbocycles. The number of amides is 1. The third kappa shape index (κ3) is 3.94. The van der Waals surface area contributed by atoms with E-state index in [0.717, 1.165) is 18.4 Å². The van der Waals surface area contributed by atoms with Gasteiger partial charge in [0, 0.05) is 31.5 Å². The summed E-state index contributed by atoms with van der Waals surface area (Å²) in [5.41, 5.74) is 2.33. The molecule has 0 saturated carbocycles. The number of fused-ring (bicyclic) bond motifs is 1. The lowest BCUT2D eigenvalue weighted by atomic mass is 10.1. The van der Waals surface area contributed by atoms with Crippen LogP contribution in [0.2, 0.25) is 0 Å². The molecule has 0 unspecified atom stereocenters. The van der Waals surface area contributed by atoms with E-state index in [4.69, 9.17) is 14.3 Å². The van der Waals surface area contributed by atoms with Gasteiger partial charge in [0.25, 0.3) is 6.01 Å². The van der Waals surface area contributed by atoms with Crippen molar-refractivity contribution in [2.24, 2.45) is 0 Å².